The zero-order chi connectivity index (χ0) is 22.7. The molecule has 4 nitrogen and oxygen atoms in total. The smallest absolute Gasteiger partial charge is 0.406 e. The van der Waals surface area contributed by atoms with Crippen molar-refractivity contribution in [2.24, 2.45) is 11.7 Å². The molecule has 0 amide bonds. The van der Waals surface area contributed by atoms with Crippen molar-refractivity contribution in [3.63, 3.8) is 0 Å². The Kier molecular flexibility index (Phi) is 7.06. The van der Waals surface area contributed by atoms with Gasteiger partial charge in [0.05, 0.1) is 5.60 Å². The molecule has 1 heterocycles. The fraction of sp³-hybridized carbons (Fsp3) is 0.680. The summed E-state index contributed by atoms with van der Waals surface area (Å²) in [5, 5.41) is 3.59. The van der Waals surface area contributed by atoms with E-state index in [1.165, 1.54) is 49.8 Å². The molecule has 3 N–H and O–H groups in total. The molecule has 1 aromatic rings. The molecule has 0 unspecified atom stereocenters. The van der Waals surface area contributed by atoms with E-state index in [0.717, 1.165) is 50.8 Å². The van der Waals surface area contributed by atoms with Crippen LogP contribution in [0.2, 0.25) is 0 Å². The summed E-state index contributed by atoms with van der Waals surface area (Å²) < 4.78 is 48.2. The number of benzene rings is 1. The van der Waals surface area contributed by atoms with E-state index in [0.29, 0.717) is 12.5 Å². The van der Waals surface area contributed by atoms with Gasteiger partial charge in [-0.3, -0.25) is 0 Å². The Labute approximate surface area is 188 Å². The van der Waals surface area contributed by atoms with Crippen molar-refractivity contribution in [2.75, 3.05) is 19.7 Å². The van der Waals surface area contributed by atoms with Gasteiger partial charge in [0.25, 0.3) is 0 Å². The first-order valence-electron chi connectivity index (χ1n) is 11.9. The molecular weight excluding hydrogens is 417 g/mol. The number of hydrogen-bond donors (Lipinski definition) is 2. The van der Waals surface area contributed by atoms with Crippen molar-refractivity contribution in [2.45, 2.75) is 81.6 Å². The Balaban J connectivity index is 1.47. The van der Waals surface area contributed by atoms with Gasteiger partial charge in [0.1, 0.15) is 5.75 Å². The van der Waals surface area contributed by atoms with Gasteiger partial charge in [-0.15, -0.1) is 13.2 Å². The van der Waals surface area contributed by atoms with Crippen LogP contribution in [0.3, 0.4) is 0 Å². The number of alkyl halides is 3. The highest BCUT2D eigenvalue weighted by Gasteiger charge is 2.47. The third-order valence-corrected chi connectivity index (χ3v) is 7.82. The summed E-state index contributed by atoms with van der Waals surface area (Å²) in [6.45, 7) is 2.33. The molecule has 32 heavy (non-hydrogen) atoms. The quantitative estimate of drug-likeness (QED) is 0.507. The molecule has 2 saturated carbocycles. The fourth-order valence-corrected chi connectivity index (χ4v) is 5.85. The highest BCUT2D eigenvalue weighted by atomic mass is 19.4. The van der Waals surface area contributed by atoms with Gasteiger partial charge in [-0.25, -0.2) is 0 Å². The monoisotopic (exact) mass is 452 g/mol. The minimum absolute atomic E-state index is 0.0896. The molecular formula is C25H35F3N2O2. The standard InChI is InChI=1S/C25H35F3N2O2/c26-25(27,28)32-22-8-6-21(7-9-22)23(13-15-31-24(18-23)10-1-2-11-24)12-14-30-17-20(16-29)19-4-3-5-19/h6-9,16,19,30H,1-5,10-15,17-18,29H2/b20-16-/t23-/m1/s1. The third-order valence-electron chi connectivity index (χ3n) is 7.82. The molecule has 1 spiro atoms. The second-order valence-corrected chi connectivity index (χ2v) is 9.81. The lowest BCUT2D eigenvalue weighted by Gasteiger charge is -2.47. The Morgan fingerprint density at radius 3 is 2.44 bits per heavy atom. The maximum atomic E-state index is 12.6. The van der Waals surface area contributed by atoms with E-state index in [9.17, 15) is 13.2 Å². The first kappa shape index (κ1) is 23.4. The molecule has 3 fully saturated rings. The molecule has 1 aromatic carbocycles. The van der Waals surface area contributed by atoms with Crippen LogP contribution in [0, 0.1) is 5.92 Å². The summed E-state index contributed by atoms with van der Waals surface area (Å²) in [6, 6.07) is 6.52. The van der Waals surface area contributed by atoms with Gasteiger partial charge < -0.3 is 20.5 Å². The van der Waals surface area contributed by atoms with Crippen molar-refractivity contribution in [3.8, 4) is 5.75 Å². The number of rotatable bonds is 8. The normalized spacial score (nSPS) is 26.3. The Morgan fingerprint density at radius 1 is 1.12 bits per heavy atom. The summed E-state index contributed by atoms with van der Waals surface area (Å²) in [5.41, 5.74) is 8.02. The number of halogens is 3. The first-order chi connectivity index (χ1) is 15.3. The second kappa shape index (κ2) is 9.64. The summed E-state index contributed by atoms with van der Waals surface area (Å²) in [5.74, 6) is 0.447. The Bertz CT molecular complexity index is 783. The van der Waals surface area contributed by atoms with Crippen LogP contribution in [0.1, 0.15) is 69.8 Å². The maximum Gasteiger partial charge on any atom is 0.573 e. The van der Waals surface area contributed by atoms with Crippen LogP contribution in [0.5, 0.6) is 5.75 Å². The SMILES string of the molecule is N/C=C(/CNCC[C@@]1(c2ccc(OC(F)(F)F)cc2)CCOC2(CCCC2)C1)C1CCC1. The second-order valence-electron chi connectivity index (χ2n) is 9.81. The average Bonchev–Trinajstić information content (AvgIpc) is 3.15. The van der Waals surface area contributed by atoms with E-state index in [2.05, 4.69) is 10.1 Å². The van der Waals surface area contributed by atoms with Gasteiger partial charge >= 0.3 is 6.36 Å². The van der Waals surface area contributed by atoms with E-state index in [4.69, 9.17) is 10.5 Å². The molecule has 0 aromatic heterocycles. The fourth-order valence-electron chi connectivity index (χ4n) is 5.85. The van der Waals surface area contributed by atoms with Gasteiger partial charge in [-0.05, 0) is 86.9 Å². The van der Waals surface area contributed by atoms with Crippen molar-refractivity contribution < 1.29 is 22.6 Å². The lowest BCUT2D eigenvalue weighted by molar-refractivity contribution is -0.274. The summed E-state index contributed by atoms with van der Waals surface area (Å²) in [6.07, 6.45) is 8.01. The van der Waals surface area contributed by atoms with Crippen LogP contribution in [-0.4, -0.2) is 31.7 Å². The highest BCUT2D eigenvalue weighted by Crippen LogP contribution is 2.50. The minimum atomic E-state index is -4.68. The molecule has 3 aliphatic rings. The summed E-state index contributed by atoms with van der Waals surface area (Å²) in [4.78, 5) is 0. The van der Waals surface area contributed by atoms with Gasteiger partial charge in [-0.2, -0.15) is 0 Å². The van der Waals surface area contributed by atoms with E-state index in [1.54, 1.807) is 6.20 Å². The van der Waals surface area contributed by atoms with Gasteiger partial charge in [-0.1, -0.05) is 31.4 Å². The summed E-state index contributed by atoms with van der Waals surface area (Å²) >= 11 is 0. The van der Waals surface area contributed by atoms with Crippen LogP contribution in [-0.2, 0) is 10.2 Å². The van der Waals surface area contributed by atoms with Crippen molar-refractivity contribution in [3.05, 3.63) is 41.6 Å². The minimum Gasteiger partial charge on any atom is -0.406 e. The van der Waals surface area contributed by atoms with Crippen molar-refractivity contribution in [1.29, 1.82) is 0 Å². The molecule has 1 aliphatic heterocycles. The van der Waals surface area contributed by atoms with Crippen LogP contribution < -0.4 is 15.8 Å². The van der Waals surface area contributed by atoms with E-state index >= 15 is 0 Å². The zero-order valence-corrected chi connectivity index (χ0v) is 18.7. The molecule has 1 saturated heterocycles. The number of ether oxygens (including phenoxy) is 2. The van der Waals surface area contributed by atoms with Gasteiger partial charge in [0.15, 0.2) is 0 Å². The van der Waals surface area contributed by atoms with Crippen molar-refractivity contribution >= 4 is 0 Å². The average molecular weight is 453 g/mol. The Hall–Kier alpha value is -1.73. The van der Waals surface area contributed by atoms with E-state index in [1.807, 2.05) is 12.1 Å². The van der Waals surface area contributed by atoms with E-state index in [-0.39, 0.29) is 16.8 Å². The number of nitrogens with one attached hydrogen (secondary N) is 1. The Morgan fingerprint density at radius 2 is 1.84 bits per heavy atom. The third kappa shape index (κ3) is 5.42. The largest absolute Gasteiger partial charge is 0.573 e. The molecule has 2 aliphatic carbocycles. The number of nitrogens with two attached hydrogens (primary N) is 1. The lowest BCUT2D eigenvalue weighted by Crippen LogP contribution is -2.47. The van der Waals surface area contributed by atoms with Crippen LogP contribution >= 0.6 is 0 Å². The van der Waals surface area contributed by atoms with Crippen molar-refractivity contribution in [1.82, 2.24) is 5.32 Å². The van der Waals surface area contributed by atoms with Crippen LogP contribution in [0.4, 0.5) is 13.2 Å². The van der Waals surface area contributed by atoms with Crippen LogP contribution in [0.15, 0.2) is 36.0 Å². The molecule has 1 atom stereocenters. The van der Waals surface area contributed by atoms with Gasteiger partial charge in [0, 0.05) is 18.6 Å². The van der Waals surface area contributed by atoms with E-state index < -0.39 is 6.36 Å². The maximum absolute atomic E-state index is 12.6. The van der Waals surface area contributed by atoms with Crippen LogP contribution in [0.25, 0.3) is 0 Å². The molecule has 4 rings (SSSR count). The predicted molar refractivity (Wildman–Crippen MR) is 118 cm³/mol. The molecule has 0 radical (unpaired) electrons. The predicted octanol–water partition coefficient (Wildman–Crippen LogP) is 5.57. The topological polar surface area (TPSA) is 56.5 Å². The number of hydrogen-bond acceptors (Lipinski definition) is 4. The summed E-state index contributed by atoms with van der Waals surface area (Å²) in [7, 11) is 0. The molecule has 178 valence electrons. The zero-order valence-electron chi connectivity index (χ0n) is 18.7. The molecule has 7 heteroatoms. The molecule has 0 bridgehead atoms. The van der Waals surface area contributed by atoms with Gasteiger partial charge in [0.2, 0.25) is 0 Å². The lowest BCUT2D eigenvalue weighted by atomic mass is 9.66. The highest BCUT2D eigenvalue weighted by molar-refractivity contribution is 5.34. The first-order valence-corrected chi connectivity index (χ1v) is 11.9.